The third-order valence-corrected chi connectivity index (χ3v) is 2.77. The lowest BCUT2D eigenvalue weighted by Crippen LogP contribution is -2.47. The van der Waals surface area contributed by atoms with Crippen LogP contribution in [0.4, 0.5) is 0 Å². The van der Waals surface area contributed by atoms with E-state index < -0.39 is 0 Å². The van der Waals surface area contributed by atoms with E-state index in [4.69, 9.17) is 4.74 Å². The van der Waals surface area contributed by atoms with Gasteiger partial charge < -0.3 is 10.1 Å². The molecule has 0 aliphatic carbocycles. The Bertz CT molecular complexity index is 296. The van der Waals surface area contributed by atoms with Gasteiger partial charge in [0.2, 0.25) is 0 Å². The largest absolute Gasteiger partial charge is 0.380 e. The minimum absolute atomic E-state index is 0.370. The molecule has 1 saturated heterocycles. The van der Waals surface area contributed by atoms with Crippen LogP contribution in [0.1, 0.15) is 12.5 Å². The van der Waals surface area contributed by atoms with Crippen molar-refractivity contribution in [1.82, 2.24) is 10.3 Å². The van der Waals surface area contributed by atoms with Crippen LogP contribution in [-0.4, -0.2) is 31.3 Å². The third-order valence-electron chi connectivity index (χ3n) is 2.77. The fourth-order valence-corrected chi connectivity index (χ4v) is 1.72. The number of nitrogens with one attached hydrogen (secondary N) is 1. The maximum Gasteiger partial charge on any atom is 0.0554 e. The van der Waals surface area contributed by atoms with E-state index in [9.17, 15) is 0 Å². The number of pyridine rings is 1. The summed E-state index contributed by atoms with van der Waals surface area (Å²) in [4.78, 5) is 4.09. The van der Waals surface area contributed by atoms with Crippen LogP contribution in [0.5, 0.6) is 0 Å². The lowest BCUT2D eigenvalue weighted by molar-refractivity contribution is -0.0988. The second-order valence-corrected chi connectivity index (χ2v) is 4.59. The van der Waals surface area contributed by atoms with Gasteiger partial charge in [0, 0.05) is 24.4 Å². The summed E-state index contributed by atoms with van der Waals surface area (Å²) in [5.74, 6) is 0. The number of hydrogen-bond acceptors (Lipinski definition) is 3. The van der Waals surface area contributed by atoms with E-state index in [1.165, 1.54) is 5.56 Å². The molecule has 1 N–H and O–H groups in total. The Morgan fingerprint density at radius 3 is 3.00 bits per heavy atom. The Labute approximate surface area is 90.9 Å². The normalized spacial score (nSPS) is 18.5. The first-order valence-corrected chi connectivity index (χ1v) is 5.46. The van der Waals surface area contributed by atoms with Crippen LogP contribution in [-0.2, 0) is 11.2 Å². The first-order chi connectivity index (χ1) is 7.29. The number of rotatable bonds is 5. The smallest absolute Gasteiger partial charge is 0.0554 e. The molecule has 1 aromatic rings. The highest BCUT2D eigenvalue weighted by Gasteiger charge is 2.32. The Morgan fingerprint density at radius 2 is 2.40 bits per heavy atom. The number of ether oxygens (including phenoxy) is 1. The van der Waals surface area contributed by atoms with E-state index in [1.807, 2.05) is 18.5 Å². The molecular formula is C12H18N2O. The monoisotopic (exact) mass is 206 g/mol. The van der Waals surface area contributed by atoms with Crippen molar-refractivity contribution in [1.29, 1.82) is 0 Å². The predicted molar refractivity (Wildman–Crippen MR) is 59.7 cm³/mol. The molecule has 3 heteroatoms. The molecule has 0 amide bonds. The Morgan fingerprint density at radius 1 is 1.53 bits per heavy atom. The molecule has 0 aromatic carbocycles. The van der Waals surface area contributed by atoms with Crippen LogP contribution < -0.4 is 5.32 Å². The molecule has 2 heterocycles. The molecule has 3 nitrogen and oxygen atoms in total. The summed E-state index contributed by atoms with van der Waals surface area (Å²) in [6.07, 6.45) is 4.78. The van der Waals surface area contributed by atoms with E-state index in [1.54, 1.807) is 0 Å². The third kappa shape index (κ3) is 3.01. The van der Waals surface area contributed by atoms with Gasteiger partial charge in [-0.3, -0.25) is 4.98 Å². The lowest BCUT2D eigenvalue weighted by atomic mass is 9.89. The molecule has 82 valence electrons. The summed E-state index contributed by atoms with van der Waals surface area (Å²) in [6.45, 7) is 6.11. The zero-order chi connectivity index (χ0) is 10.6. The number of hydrogen-bond donors (Lipinski definition) is 1. The summed E-state index contributed by atoms with van der Waals surface area (Å²) in [5.41, 5.74) is 1.66. The predicted octanol–water partition coefficient (Wildman–Crippen LogP) is 1.25. The summed E-state index contributed by atoms with van der Waals surface area (Å²) >= 11 is 0. The average molecular weight is 206 g/mol. The van der Waals surface area contributed by atoms with E-state index in [0.717, 1.165) is 32.7 Å². The molecule has 0 radical (unpaired) electrons. The van der Waals surface area contributed by atoms with Crippen LogP contribution in [0.15, 0.2) is 24.5 Å². The van der Waals surface area contributed by atoms with Gasteiger partial charge in [0.25, 0.3) is 0 Å². The van der Waals surface area contributed by atoms with Crippen molar-refractivity contribution in [3.8, 4) is 0 Å². The van der Waals surface area contributed by atoms with E-state index in [2.05, 4.69) is 23.3 Å². The Hall–Kier alpha value is -0.930. The first-order valence-electron chi connectivity index (χ1n) is 5.46. The molecule has 0 bridgehead atoms. The minimum Gasteiger partial charge on any atom is -0.380 e. The number of aromatic nitrogens is 1. The zero-order valence-electron chi connectivity index (χ0n) is 9.20. The van der Waals surface area contributed by atoms with Gasteiger partial charge >= 0.3 is 0 Å². The maximum absolute atomic E-state index is 5.20. The van der Waals surface area contributed by atoms with Crippen LogP contribution in [0.3, 0.4) is 0 Å². The average Bonchev–Trinajstić information content (AvgIpc) is 2.23. The van der Waals surface area contributed by atoms with Gasteiger partial charge in [0.05, 0.1) is 13.2 Å². The van der Waals surface area contributed by atoms with Gasteiger partial charge in [-0.15, -0.1) is 0 Å². The van der Waals surface area contributed by atoms with Crippen molar-refractivity contribution in [2.45, 2.75) is 13.3 Å². The molecule has 1 aliphatic rings. The van der Waals surface area contributed by atoms with Crippen molar-refractivity contribution in [2.24, 2.45) is 5.41 Å². The van der Waals surface area contributed by atoms with Gasteiger partial charge in [-0.05, 0) is 24.6 Å². The molecule has 1 fully saturated rings. The van der Waals surface area contributed by atoms with Gasteiger partial charge in [-0.25, -0.2) is 0 Å². The first kappa shape index (κ1) is 10.6. The second-order valence-electron chi connectivity index (χ2n) is 4.59. The van der Waals surface area contributed by atoms with Crippen LogP contribution >= 0.6 is 0 Å². The van der Waals surface area contributed by atoms with Crippen molar-refractivity contribution in [3.63, 3.8) is 0 Å². The van der Waals surface area contributed by atoms with Crippen LogP contribution in [0, 0.1) is 5.41 Å². The molecule has 1 aromatic heterocycles. The highest BCUT2D eigenvalue weighted by Crippen LogP contribution is 2.24. The fourth-order valence-electron chi connectivity index (χ4n) is 1.72. The molecule has 1 aliphatic heterocycles. The summed E-state index contributed by atoms with van der Waals surface area (Å²) in [5, 5.41) is 3.47. The quantitative estimate of drug-likeness (QED) is 0.736. The SMILES string of the molecule is CC1(CNCCc2cccnc2)COC1. The number of nitrogens with zero attached hydrogens (tertiary/aromatic N) is 1. The highest BCUT2D eigenvalue weighted by atomic mass is 16.5. The van der Waals surface area contributed by atoms with E-state index in [-0.39, 0.29) is 0 Å². The van der Waals surface area contributed by atoms with Gasteiger partial charge in [0.1, 0.15) is 0 Å². The maximum atomic E-state index is 5.20. The summed E-state index contributed by atoms with van der Waals surface area (Å²) in [6, 6.07) is 4.10. The topological polar surface area (TPSA) is 34.2 Å². The van der Waals surface area contributed by atoms with Crippen molar-refractivity contribution in [3.05, 3.63) is 30.1 Å². The second kappa shape index (κ2) is 4.73. The fraction of sp³-hybridized carbons (Fsp3) is 0.583. The van der Waals surface area contributed by atoms with Gasteiger partial charge in [0.15, 0.2) is 0 Å². The molecule has 0 atom stereocenters. The van der Waals surface area contributed by atoms with Gasteiger partial charge in [-0.1, -0.05) is 13.0 Å². The van der Waals surface area contributed by atoms with Gasteiger partial charge in [-0.2, -0.15) is 0 Å². The molecule has 2 rings (SSSR count). The van der Waals surface area contributed by atoms with Crippen molar-refractivity contribution < 1.29 is 4.74 Å². The molecule has 0 unspecified atom stereocenters. The summed E-state index contributed by atoms with van der Waals surface area (Å²) in [7, 11) is 0. The van der Waals surface area contributed by atoms with E-state index in [0.29, 0.717) is 5.41 Å². The Kier molecular flexibility index (Phi) is 3.34. The highest BCUT2D eigenvalue weighted by molar-refractivity contribution is 5.08. The molecule has 0 saturated carbocycles. The lowest BCUT2D eigenvalue weighted by Gasteiger charge is -2.38. The van der Waals surface area contributed by atoms with Crippen molar-refractivity contribution in [2.75, 3.05) is 26.3 Å². The van der Waals surface area contributed by atoms with Crippen LogP contribution in [0.25, 0.3) is 0 Å². The van der Waals surface area contributed by atoms with Crippen LogP contribution in [0.2, 0.25) is 0 Å². The molecule has 0 spiro atoms. The Balaban J connectivity index is 1.63. The zero-order valence-corrected chi connectivity index (χ0v) is 9.20. The molecule has 15 heavy (non-hydrogen) atoms. The molecular weight excluding hydrogens is 188 g/mol. The minimum atomic E-state index is 0.370. The summed E-state index contributed by atoms with van der Waals surface area (Å²) < 4.78 is 5.20. The van der Waals surface area contributed by atoms with E-state index >= 15 is 0 Å². The standard InChI is InChI=1S/C12H18N2O/c1-12(9-15-10-12)8-14-6-4-11-3-2-5-13-7-11/h2-3,5,7,14H,4,6,8-10H2,1H3. The van der Waals surface area contributed by atoms with Crippen molar-refractivity contribution >= 4 is 0 Å².